The summed E-state index contributed by atoms with van der Waals surface area (Å²) in [5.74, 6) is 0.874. The van der Waals surface area contributed by atoms with Gasteiger partial charge in [0, 0.05) is 7.11 Å². The summed E-state index contributed by atoms with van der Waals surface area (Å²) < 4.78 is 34.6. The predicted octanol–water partition coefficient (Wildman–Crippen LogP) is 5.71. The topological polar surface area (TPSA) is 9.23 Å². The number of allylic oxidation sites excluding steroid dienone is 1. The molecule has 18 heavy (non-hydrogen) atoms. The summed E-state index contributed by atoms with van der Waals surface area (Å²) in [5, 5.41) is 0. The van der Waals surface area contributed by atoms with Gasteiger partial charge in [-0.05, 0) is 25.2 Å². The summed E-state index contributed by atoms with van der Waals surface area (Å²) in [6.07, 6.45) is 3.87. The maximum absolute atomic E-state index is 10.6. The number of rotatable bonds is 2. The van der Waals surface area contributed by atoms with Gasteiger partial charge >= 0.3 is 6.36 Å². The van der Waals surface area contributed by atoms with Crippen LogP contribution in [0.1, 0.15) is 59.3 Å². The second-order valence-electron chi connectivity index (χ2n) is 4.00. The molecular weight excluding hydrogens is 241 g/mol. The summed E-state index contributed by atoms with van der Waals surface area (Å²) in [7, 11) is 0.583. The Morgan fingerprint density at radius 1 is 1.17 bits per heavy atom. The first-order chi connectivity index (χ1) is 8.40. The molecule has 0 saturated heterocycles. The maximum atomic E-state index is 10.6. The summed E-state index contributed by atoms with van der Waals surface area (Å²) >= 11 is 0. The van der Waals surface area contributed by atoms with Crippen molar-refractivity contribution >= 4 is 0 Å². The molecule has 4 heteroatoms. The summed E-state index contributed by atoms with van der Waals surface area (Å²) in [6.45, 7) is 10.3. The average Bonchev–Trinajstić information content (AvgIpc) is 2.41. The molecule has 0 N–H and O–H groups in total. The molecular formula is C14H27F3O. The van der Waals surface area contributed by atoms with E-state index in [0.717, 1.165) is 5.92 Å². The summed E-state index contributed by atoms with van der Waals surface area (Å²) in [4.78, 5) is 0. The number of alkyl halides is 3. The second-order valence-corrected chi connectivity index (χ2v) is 4.00. The van der Waals surface area contributed by atoms with Crippen molar-refractivity contribution in [2.24, 2.45) is 5.92 Å². The Balaban J connectivity index is 0. The van der Waals surface area contributed by atoms with Gasteiger partial charge in [-0.2, -0.15) is 0 Å². The lowest BCUT2D eigenvalue weighted by atomic mass is 9.83. The SMILES string of the molecule is C=C(CC)C1CCCCC1.CC.COC(F)(F)F. The Labute approximate surface area is 109 Å². The lowest BCUT2D eigenvalue weighted by Gasteiger charge is -2.22. The van der Waals surface area contributed by atoms with E-state index in [1.54, 1.807) is 0 Å². The first-order valence-corrected chi connectivity index (χ1v) is 6.70. The molecule has 0 unspecified atom stereocenters. The van der Waals surface area contributed by atoms with E-state index < -0.39 is 6.36 Å². The highest BCUT2D eigenvalue weighted by Crippen LogP contribution is 2.29. The molecule has 0 amide bonds. The third-order valence-electron chi connectivity index (χ3n) is 2.87. The number of hydrogen-bond donors (Lipinski definition) is 0. The van der Waals surface area contributed by atoms with E-state index in [2.05, 4.69) is 18.2 Å². The quantitative estimate of drug-likeness (QED) is 0.583. The van der Waals surface area contributed by atoms with Crippen molar-refractivity contribution in [3.63, 3.8) is 0 Å². The molecule has 1 nitrogen and oxygen atoms in total. The van der Waals surface area contributed by atoms with Gasteiger partial charge in [-0.1, -0.05) is 52.2 Å². The van der Waals surface area contributed by atoms with Crippen LogP contribution in [0.4, 0.5) is 13.2 Å². The number of methoxy groups -OCH3 is 1. The molecule has 1 aliphatic carbocycles. The molecule has 1 rings (SSSR count). The van der Waals surface area contributed by atoms with Crippen molar-refractivity contribution in [3.8, 4) is 0 Å². The number of halogens is 3. The van der Waals surface area contributed by atoms with Gasteiger partial charge in [-0.15, -0.1) is 13.2 Å². The van der Waals surface area contributed by atoms with E-state index >= 15 is 0 Å². The second kappa shape index (κ2) is 11.6. The molecule has 0 spiro atoms. The third kappa shape index (κ3) is 12.0. The van der Waals surface area contributed by atoms with E-state index in [0.29, 0.717) is 7.11 Å². The highest BCUT2D eigenvalue weighted by Gasteiger charge is 2.25. The van der Waals surface area contributed by atoms with Gasteiger partial charge in [0.05, 0.1) is 0 Å². The first-order valence-electron chi connectivity index (χ1n) is 6.70. The number of hydrogen-bond acceptors (Lipinski definition) is 1. The molecule has 0 radical (unpaired) electrons. The zero-order valence-electron chi connectivity index (χ0n) is 12.1. The van der Waals surface area contributed by atoms with Gasteiger partial charge in [0.1, 0.15) is 0 Å². The summed E-state index contributed by atoms with van der Waals surface area (Å²) in [5.41, 5.74) is 1.49. The van der Waals surface area contributed by atoms with Gasteiger partial charge < -0.3 is 0 Å². The van der Waals surface area contributed by atoms with Crippen molar-refractivity contribution in [3.05, 3.63) is 12.2 Å². The van der Waals surface area contributed by atoms with E-state index in [-0.39, 0.29) is 0 Å². The molecule has 0 aromatic rings. The predicted molar refractivity (Wildman–Crippen MR) is 70.4 cm³/mol. The van der Waals surface area contributed by atoms with E-state index in [1.807, 2.05) is 13.8 Å². The van der Waals surface area contributed by atoms with Crippen molar-refractivity contribution in [2.75, 3.05) is 7.11 Å². The standard InChI is InChI=1S/C10H18.C2H3F3O.C2H6/c1-3-9(2)10-7-5-4-6-8-10;1-6-2(3,4)5;1-2/h10H,2-8H2,1H3;1H3;1-2H3. The fourth-order valence-corrected chi connectivity index (χ4v) is 1.80. The first kappa shape index (κ1) is 19.8. The van der Waals surface area contributed by atoms with Crippen LogP contribution < -0.4 is 0 Å². The molecule has 1 saturated carbocycles. The van der Waals surface area contributed by atoms with Crippen LogP contribution in [0.3, 0.4) is 0 Å². The molecule has 0 atom stereocenters. The van der Waals surface area contributed by atoms with Crippen LogP contribution in [0.2, 0.25) is 0 Å². The van der Waals surface area contributed by atoms with Gasteiger partial charge in [0.15, 0.2) is 0 Å². The van der Waals surface area contributed by atoms with Gasteiger partial charge in [-0.25, -0.2) is 0 Å². The van der Waals surface area contributed by atoms with Crippen LogP contribution in [0.5, 0.6) is 0 Å². The van der Waals surface area contributed by atoms with E-state index in [9.17, 15) is 13.2 Å². The normalized spacial score (nSPS) is 15.9. The highest BCUT2D eigenvalue weighted by atomic mass is 19.4. The number of ether oxygens (including phenoxy) is 1. The molecule has 0 heterocycles. The van der Waals surface area contributed by atoms with Crippen LogP contribution >= 0.6 is 0 Å². The zero-order valence-corrected chi connectivity index (χ0v) is 12.1. The lowest BCUT2D eigenvalue weighted by molar-refractivity contribution is -0.311. The van der Waals surface area contributed by atoms with Crippen molar-refractivity contribution in [2.45, 2.75) is 65.7 Å². The Hall–Kier alpha value is -0.510. The van der Waals surface area contributed by atoms with Gasteiger partial charge in [0.25, 0.3) is 0 Å². The Kier molecular flexibility index (Phi) is 12.7. The van der Waals surface area contributed by atoms with Crippen molar-refractivity contribution in [1.82, 2.24) is 0 Å². The molecule has 1 fully saturated rings. The zero-order chi connectivity index (χ0) is 14.6. The van der Waals surface area contributed by atoms with E-state index in [1.165, 1.54) is 44.1 Å². The van der Waals surface area contributed by atoms with Crippen molar-refractivity contribution < 1.29 is 17.9 Å². The van der Waals surface area contributed by atoms with E-state index in [4.69, 9.17) is 0 Å². The van der Waals surface area contributed by atoms with Gasteiger partial charge in [-0.3, -0.25) is 4.74 Å². The minimum absolute atomic E-state index is 0.583. The van der Waals surface area contributed by atoms with Crippen LogP contribution in [0.15, 0.2) is 12.2 Å². The minimum atomic E-state index is -4.46. The molecule has 1 aliphatic rings. The highest BCUT2D eigenvalue weighted by molar-refractivity contribution is 5.00. The monoisotopic (exact) mass is 268 g/mol. The molecule has 0 aromatic carbocycles. The Morgan fingerprint density at radius 3 is 1.83 bits per heavy atom. The largest absolute Gasteiger partial charge is 0.522 e. The van der Waals surface area contributed by atoms with Crippen LogP contribution in [-0.4, -0.2) is 13.5 Å². The van der Waals surface area contributed by atoms with Crippen LogP contribution in [0.25, 0.3) is 0 Å². The lowest BCUT2D eigenvalue weighted by Crippen LogP contribution is -2.08. The van der Waals surface area contributed by atoms with Gasteiger partial charge in [0.2, 0.25) is 0 Å². The maximum Gasteiger partial charge on any atom is 0.522 e. The molecule has 0 aliphatic heterocycles. The molecule has 0 aromatic heterocycles. The fraction of sp³-hybridized carbons (Fsp3) is 0.857. The summed E-state index contributed by atoms with van der Waals surface area (Å²) in [6, 6.07) is 0. The Morgan fingerprint density at radius 2 is 1.56 bits per heavy atom. The average molecular weight is 268 g/mol. The Bertz CT molecular complexity index is 194. The van der Waals surface area contributed by atoms with Crippen LogP contribution in [0, 0.1) is 5.92 Å². The van der Waals surface area contributed by atoms with Crippen LogP contribution in [-0.2, 0) is 4.74 Å². The smallest absolute Gasteiger partial charge is 0.295 e. The third-order valence-corrected chi connectivity index (χ3v) is 2.87. The molecule has 0 bridgehead atoms. The minimum Gasteiger partial charge on any atom is -0.295 e. The molecule has 110 valence electrons. The van der Waals surface area contributed by atoms with Crippen molar-refractivity contribution in [1.29, 1.82) is 0 Å². The fourth-order valence-electron chi connectivity index (χ4n) is 1.80.